The predicted molar refractivity (Wildman–Crippen MR) is 85.6 cm³/mol. The maximum Gasteiger partial charge on any atom is 0.317 e. The lowest BCUT2D eigenvalue weighted by Crippen LogP contribution is -2.45. The third kappa shape index (κ3) is 5.67. The van der Waals surface area contributed by atoms with Gasteiger partial charge in [-0.1, -0.05) is 30.3 Å². The van der Waals surface area contributed by atoms with Crippen LogP contribution in [0.1, 0.15) is 24.9 Å². The molecule has 2 amide bonds. The summed E-state index contributed by atoms with van der Waals surface area (Å²) in [4.78, 5) is 24.8. The van der Waals surface area contributed by atoms with E-state index in [2.05, 4.69) is 5.32 Å². The molecule has 0 aromatic heterocycles. The topological polar surface area (TPSA) is 69.6 Å². The zero-order valence-corrected chi connectivity index (χ0v) is 13.4. The normalized spacial score (nSPS) is 13.3. The van der Waals surface area contributed by atoms with E-state index in [1.54, 1.807) is 23.7 Å². The number of aliphatic carboxylic acids is 1. The van der Waals surface area contributed by atoms with Crippen molar-refractivity contribution in [1.82, 2.24) is 10.2 Å². The van der Waals surface area contributed by atoms with E-state index >= 15 is 0 Å². The van der Waals surface area contributed by atoms with Crippen molar-refractivity contribution in [2.24, 2.45) is 0 Å². The molecule has 1 aromatic carbocycles. The van der Waals surface area contributed by atoms with E-state index in [1.165, 1.54) is 0 Å². The van der Waals surface area contributed by atoms with Crippen molar-refractivity contribution in [3.05, 3.63) is 35.9 Å². The number of thioether (sulfide) groups is 1. The molecule has 0 heterocycles. The van der Waals surface area contributed by atoms with Gasteiger partial charge in [-0.15, -0.1) is 0 Å². The van der Waals surface area contributed by atoms with Crippen LogP contribution in [0.3, 0.4) is 0 Å². The fraction of sp³-hybridized carbons (Fsp3) is 0.467. The summed E-state index contributed by atoms with van der Waals surface area (Å²) in [6.07, 6.45) is 1.85. The number of benzene rings is 1. The van der Waals surface area contributed by atoms with Gasteiger partial charge < -0.3 is 15.3 Å². The first-order valence-corrected chi connectivity index (χ1v) is 8.14. The van der Waals surface area contributed by atoms with E-state index in [0.29, 0.717) is 0 Å². The van der Waals surface area contributed by atoms with Gasteiger partial charge in [0, 0.05) is 18.8 Å². The summed E-state index contributed by atoms with van der Waals surface area (Å²) < 4.78 is 0. The highest BCUT2D eigenvalue weighted by molar-refractivity contribution is 7.98. The molecular formula is C15H22N2O3S. The third-order valence-electron chi connectivity index (χ3n) is 3.27. The average molecular weight is 310 g/mol. The molecule has 2 N–H and O–H groups in total. The van der Waals surface area contributed by atoms with Gasteiger partial charge >= 0.3 is 12.0 Å². The summed E-state index contributed by atoms with van der Waals surface area (Å²) in [5, 5.41) is 11.8. The van der Waals surface area contributed by atoms with Crippen LogP contribution in [0, 0.1) is 0 Å². The first kappa shape index (κ1) is 17.4. The van der Waals surface area contributed by atoms with E-state index in [0.717, 1.165) is 11.3 Å². The monoisotopic (exact) mass is 310 g/mol. The molecule has 0 fully saturated rings. The lowest BCUT2D eigenvalue weighted by Gasteiger charge is -2.27. The first-order valence-electron chi connectivity index (χ1n) is 6.74. The number of nitrogens with one attached hydrogen (secondary N) is 1. The highest BCUT2D eigenvalue weighted by Crippen LogP contribution is 2.17. The number of amides is 2. The summed E-state index contributed by atoms with van der Waals surface area (Å²) in [6, 6.07) is 8.45. The minimum Gasteiger partial charge on any atom is -0.481 e. The van der Waals surface area contributed by atoms with Crippen molar-refractivity contribution in [3.63, 3.8) is 0 Å². The maximum absolute atomic E-state index is 12.2. The van der Waals surface area contributed by atoms with Crippen molar-refractivity contribution >= 4 is 23.8 Å². The van der Waals surface area contributed by atoms with Gasteiger partial charge in [0.25, 0.3) is 0 Å². The number of carboxylic acids is 1. The maximum atomic E-state index is 12.2. The Hall–Kier alpha value is -1.69. The van der Waals surface area contributed by atoms with Crippen molar-refractivity contribution in [3.8, 4) is 0 Å². The van der Waals surface area contributed by atoms with Crippen LogP contribution in [0.15, 0.2) is 30.3 Å². The lowest BCUT2D eigenvalue weighted by atomic mass is 10.0. The Kier molecular flexibility index (Phi) is 7.08. The van der Waals surface area contributed by atoms with Crippen LogP contribution in [-0.2, 0) is 4.79 Å². The van der Waals surface area contributed by atoms with Gasteiger partial charge in [0.05, 0.1) is 12.5 Å². The number of carbonyl (C=O) groups excluding carboxylic acids is 1. The molecule has 2 atom stereocenters. The Morgan fingerprint density at radius 3 is 2.48 bits per heavy atom. The lowest BCUT2D eigenvalue weighted by molar-refractivity contribution is -0.137. The van der Waals surface area contributed by atoms with Crippen molar-refractivity contribution in [2.45, 2.75) is 25.4 Å². The molecule has 0 aliphatic heterocycles. The van der Waals surface area contributed by atoms with Crippen molar-refractivity contribution in [2.75, 3.05) is 19.1 Å². The number of nitrogens with zero attached hydrogens (tertiary/aromatic N) is 1. The molecule has 2 unspecified atom stereocenters. The first-order chi connectivity index (χ1) is 9.95. The second kappa shape index (κ2) is 8.56. The second-order valence-corrected chi connectivity index (χ2v) is 5.84. The summed E-state index contributed by atoms with van der Waals surface area (Å²) in [6.45, 7) is 1.96. The Labute approximate surface area is 129 Å². The van der Waals surface area contributed by atoms with E-state index in [1.807, 2.05) is 43.5 Å². The second-order valence-electron chi connectivity index (χ2n) is 4.93. The van der Waals surface area contributed by atoms with Gasteiger partial charge in [-0.3, -0.25) is 4.79 Å². The minimum atomic E-state index is -0.941. The predicted octanol–water partition coefficient (Wildman–Crippen LogP) is 2.60. The number of urea groups is 1. The molecule has 0 aliphatic carbocycles. The Bertz CT molecular complexity index is 467. The van der Waals surface area contributed by atoms with Gasteiger partial charge in [0.1, 0.15) is 0 Å². The molecule has 0 aliphatic rings. The molecule has 1 aromatic rings. The molecule has 0 radical (unpaired) electrons. The van der Waals surface area contributed by atoms with E-state index < -0.39 is 12.0 Å². The third-order valence-corrected chi connectivity index (χ3v) is 4.08. The molecule has 0 saturated heterocycles. The standard InChI is InChI=1S/C15H22N2O3S/c1-11(10-21-3)17(2)15(20)16-13(9-14(18)19)12-7-5-4-6-8-12/h4-8,11,13H,9-10H2,1-3H3,(H,16,20)(H,18,19). The van der Waals surface area contributed by atoms with E-state index in [-0.39, 0.29) is 18.5 Å². The summed E-state index contributed by atoms with van der Waals surface area (Å²) in [5.74, 6) is -0.109. The molecule has 5 nitrogen and oxygen atoms in total. The number of carboxylic acid groups (broad SMARTS) is 1. The minimum absolute atomic E-state index is 0.0845. The Balaban J connectivity index is 2.77. The van der Waals surface area contributed by atoms with Crippen LogP contribution in [0.25, 0.3) is 0 Å². The smallest absolute Gasteiger partial charge is 0.317 e. The Morgan fingerprint density at radius 1 is 1.33 bits per heavy atom. The number of rotatable bonds is 7. The van der Waals surface area contributed by atoms with Gasteiger partial charge in [-0.05, 0) is 18.7 Å². The van der Waals surface area contributed by atoms with Crippen molar-refractivity contribution in [1.29, 1.82) is 0 Å². The molecule has 0 spiro atoms. The zero-order valence-electron chi connectivity index (χ0n) is 12.6. The SMILES string of the molecule is CSCC(C)N(C)C(=O)NC(CC(=O)O)c1ccccc1. The fourth-order valence-electron chi connectivity index (χ4n) is 1.92. The van der Waals surface area contributed by atoms with Gasteiger partial charge in [0.15, 0.2) is 0 Å². The van der Waals surface area contributed by atoms with E-state index in [4.69, 9.17) is 5.11 Å². The van der Waals surface area contributed by atoms with Crippen LogP contribution >= 0.6 is 11.8 Å². The van der Waals surface area contributed by atoms with Gasteiger partial charge in [-0.2, -0.15) is 11.8 Å². The summed E-state index contributed by atoms with van der Waals surface area (Å²) in [7, 11) is 1.72. The fourth-order valence-corrected chi connectivity index (χ4v) is 2.62. The molecule has 1 rings (SSSR count). The Morgan fingerprint density at radius 2 is 1.95 bits per heavy atom. The van der Waals surface area contributed by atoms with Crippen molar-refractivity contribution < 1.29 is 14.7 Å². The van der Waals surface area contributed by atoms with Crippen LogP contribution in [0.5, 0.6) is 0 Å². The molecular weight excluding hydrogens is 288 g/mol. The molecule has 0 bridgehead atoms. The summed E-state index contributed by atoms with van der Waals surface area (Å²) >= 11 is 1.67. The zero-order chi connectivity index (χ0) is 15.8. The number of hydrogen-bond acceptors (Lipinski definition) is 3. The highest BCUT2D eigenvalue weighted by Gasteiger charge is 2.21. The number of carbonyl (C=O) groups is 2. The largest absolute Gasteiger partial charge is 0.481 e. The number of hydrogen-bond donors (Lipinski definition) is 2. The average Bonchev–Trinajstić information content (AvgIpc) is 2.46. The summed E-state index contributed by atoms with van der Waals surface area (Å²) in [5.41, 5.74) is 0.791. The quantitative estimate of drug-likeness (QED) is 0.812. The molecule has 116 valence electrons. The van der Waals surface area contributed by atoms with E-state index in [9.17, 15) is 9.59 Å². The molecule has 0 saturated carbocycles. The highest BCUT2D eigenvalue weighted by atomic mass is 32.2. The van der Waals surface area contributed by atoms with Gasteiger partial charge in [0.2, 0.25) is 0 Å². The molecule has 6 heteroatoms. The van der Waals surface area contributed by atoms with Gasteiger partial charge in [-0.25, -0.2) is 4.79 Å². The van der Waals surface area contributed by atoms with Crippen LogP contribution < -0.4 is 5.32 Å². The van der Waals surface area contributed by atoms with Crippen LogP contribution in [-0.4, -0.2) is 47.1 Å². The molecule has 21 heavy (non-hydrogen) atoms. The van der Waals surface area contributed by atoms with Crippen LogP contribution in [0.2, 0.25) is 0 Å². The van der Waals surface area contributed by atoms with Crippen LogP contribution in [0.4, 0.5) is 4.79 Å².